The van der Waals surface area contributed by atoms with Crippen LogP contribution in [-0.2, 0) is 9.53 Å². The molecule has 0 fully saturated rings. The number of allylic oxidation sites excluding steroid dienone is 1. The number of unbranched alkanes of at least 4 members (excludes halogenated alkanes) is 4. The summed E-state index contributed by atoms with van der Waals surface area (Å²) in [7, 11) is 0. The predicted octanol–water partition coefficient (Wildman–Crippen LogP) is 3.47. The van der Waals surface area contributed by atoms with E-state index < -0.39 is 0 Å². The third kappa shape index (κ3) is 9.30. The highest BCUT2D eigenvalue weighted by atomic mass is 16.5. The molecule has 0 saturated heterocycles. The van der Waals surface area contributed by atoms with Crippen molar-refractivity contribution in [3.63, 3.8) is 0 Å². The standard InChI is InChI=1S/C12H22O2/c1-3-5-7-8-9-11-14-12(13)10-6-4-2/h6,10H,3-5,7-9,11H2,1-2H3. The first-order chi connectivity index (χ1) is 6.81. The Morgan fingerprint density at radius 2 is 1.86 bits per heavy atom. The average Bonchev–Trinajstić information content (AvgIpc) is 2.20. The summed E-state index contributed by atoms with van der Waals surface area (Å²) in [6.07, 6.45) is 10.1. The van der Waals surface area contributed by atoms with Crippen LogP contribution in [0.5, 0.6) is 0 Å². The van der Waals surface area contributed by atoms with Crippen molar-refractivity contribution in [3.05, 3.63) is 12.2 Å². The first-order valence-corrected chi connectivity index (χ1v) is 5.64. The van der Waals surface area contributed by atoms with Crippen molar-refractivity contribution in [2.24, 2.45) is 0 Å². The smallest absolute Gasteiger partial charge is 0.330 e. The van der Waals surface area contributed by atoms with Gasteiger partial charge in [0.25, 0.3) is 0 Å². The van der Waals surface area contributed by atoms with Crippen molar-refractivity contribution < 1.29 is 9.53 Å². The molecule has 0 bridgehead atoms. The van der Waals surface area contributed by atoms with Crippen molar-refractivity contribution in [3.8, 4) is 0 Å². The average molecular weight is 198 g/mol. The second kappa shape index (κ2) is 10.3. The quantitative estimate of drug-likeness (QED) is 0.339. The van der Waals surface area contributed by atoms with Crippen LogP contribution in [0.3, 0.4) is 0 Å². The molecule has 0 aromatic heterocycles. The number of hydrogen-bond donors (Lipinski definition) is 0. The summed E-state index contributed by atoms with van der Waals surface area (Å²) in [5.41, 5.74) is 0. The molecule has 0 heterocycles. The molecule has 2 nitrogen and oxygen atoms in total. The van der Waals surface area contributed by atoms with E-state index in [0.717, 1.165) is 12.8 Å². The van der Waals surface area contributed by atoms with Gasteiger partial charge in [-0.15, -0.1) is 0 Å². The Bertz CT molecular complexity index is 162. The monoisotopic (exact) mass is 198 g/mol. The van der Waals surface area contributed by atoms with E-state index in [9.17, 15) is 4.79 Å². The Morgan fingerprint density at radius 3 is 2.50 bits per heavy atom. The zero-order valence-electron chi connectivity index (χ0n) is 9.42. The van der Waals surface area contributed by atoms with Gasteiger partial charge >= 0.3 is 5.97 Å². The van der Waals surface area contributed by atoms with Crippen LogP contribution in [0.4, 0.5) is 0 Å². The summed E-state index contributed by atoms with van der Waals surface area (Å²) in [6, 6.07) is 0. The number of ether oxygens (including phenoxy) is 1. The van der Waals surface area contributed by atoms with Gasteiger partial charge < -0.3 is 4.74 Å². The second-order valence-corrected chi connectivity index (χ2v) is 3.39. The first kappa shape index (κ1) is 13.2. The van der Waals surface area contributed by atoms with Crippen LogP contribution < -0.4 is 0 Å². The van der Waals surface area contributed by atoms with Crippen LogP contribution in [0.2, 0.25) is 0 Å². The fraction of sp³-hybridized carbons (Fsp3) is 0.750. The Balaban J connectivity index is 3.19. The van der Waals surface area contributed by atoms with Gasteiger partial charge in [0.2, 0.25) is 0 Å². The van der Waals surface area contributed by atoms with Crippen LogP contribution in [0, 0.1) is 0 Å². The zero-order valence-corrected chi connectivity index (χ0v) is 9.42. The highest BCUT2D eigenvalue weighted by Crippen LogP contribution is 2.02. The highest BCUT2D eigenvalue weighted by molar-refractivity contribution is 5.81. The molecular weight excluding hydrogens is 176 g/mol. The molecule has 82 valence electrons. The molecule has 0 aromatic rings. The van der Waals surface area contributed by atoms with Crippen LogP contribution in [0.1, 0.15) is 52.4 Å². The van der Waals surface area contributed by atoms with Gasteiger partial charge in [-0.25, -0.2) is 4.79 Å². The topological polar surface area (TPSA) is 26.3 Å². The van der Waals surface area contributed by atoms with Gasteiger partial charge in [-0.1, -0.05) is 45.6 Å². The molecule has 0 atom stereocenters. The van der Waals surface area contributed by atoms with Gasteiger partial charge in [0.1, 0.15) is 0 Å². The van der Waals surface area contributed by atoms with Gasteiger partial charge in [0.15, 0.2) is 0 Å². The first-order valence-electron chi connectivity index (χ1n) is 5.64. The van der Waals surface area contributed by atoms with E-state index in [1.54, 1.807) is 0 Å². The van der Waals surface area contributed by atoms with Gasteiger partial charge in [-0.05, 0) is 12.8 Å². The SMILES string of the molecule is CCC=CC(=O)OCCCCCCC. The van der Waals surface area contributed by atoms with E-state index in [1.807, 2.05) is 13.0 Å². The van der Waals surface area contributed by atoms with Gasteiger partial charge in [-0.2, -0.15) is 0 Å². The molecule has 0 aliphatic rings. The highest BCUT2D eigenvalue weighted by Gasteiger charge is 1.95. The summed E-state index contributed by atoms with van der Waals surface area (Å²) in [4.78, 5) is 11.0. The Hall–Kier alpha value is -0.790. The van der Waals surface area contributed by atoms with Gasteiger partial charge in [0, 0.05) is 6.08 Å². The summed E-state index contributed by atoms with van der Waals surface area (Å²) in [5, 5.41) is 0. The fourth-order valence-electron chi connectivity index (χ4n) is 1.14. The summed E-state index contributed by atoms with van der Waals surface area (Å²) < 4.78 is 5.00. The number of carbonyl (C=O) groups is 1. The molecule has 0 N–H and O–H groups in total. The van der Waals surface area contributed by atoms with Crippen molar-refractivity contribution in [2.45, 2.75) is 52.4 Å². The predicted molar refractivity (Wildman–Crippen MR) is 59.1 cm³/mol. The lowest BCUT2D eigenvalue weighted by atomic mass is 10.2. The maximum atomic E-state index is 11.0. The maximum Gasteiger partial charge on any atom is 0.330 e. The minimum absolute atomic E-state index is 0.206. The number of rotatable bonds is 8. The molecule has 0 saturated carbocycles. The molecule has 0 aliphatic heterocycles. The molecule has 0 radical (unpaired) electrons. The summed E-state index contributed by atoms with van der Waals surface area (Å²) in [5.74, 6) is -0.206. The number of carbonyl (C=O) groups excluding carboxylic acids is 1. The van der Waals surface area contributed by atoms with Crippen molar-refractivity contribution >= 4 is 5.97 Å². The van der Waals surface area contributed by atoms with E-state index >= 15 is 0 Å². The molecule has 0 spiro atoms. The lowest BCUT2D eigenvalue weighted by Gasteiger charge is -2.01. The van der Waals surface area contributed by atoms with Crippen molar-refractivity contribution in [1.29, 1.82) is 0 Å². The normalized spacial score (nSPS) is 10.7. The minimum Gasteiger partial charge on any atom is -0.463 e. The second-order valence-electron chi connectivity index (χ2n) is 3.39. The maximum absolute atomic E-state index is 11.0. The lowest BCUT2D eigenvalue weighted by Crippen LogP contribution is -2.02. The number of hydrogen-bond acceptors (Lipinski definition) is 2. The van der Waals surface area contributed by atoms with Crippen molar-refractivity contribution in [1.82, 2.24) is 0 Å². The number of esters is 1. The summed E-state index contributed by atoms with van der Waals surface area (Å²) >= 11 is 0. The summed E-state index contributed by atoms with van der Waals surface area (Å²) in [6.45, 7) is 4.75. The third-order valence-electron chi connectivity index (χ3n) is 1.98. The largest absolute Gasteiger partial charge is 0.463 e. The fourth-order valence-corrected chi connectivity index (χ4v) is 1.14. The van der Waals surface area contributed by atoms with Crippen LogP contribution >= 0.6 is 0 Å². The molecule has 0 aliphatic carbocycles. The molecular formula is C12H22O2. The molecule has 0 amide bonds. The Morgan fingerprint density at radius 1 is 1.14 bits per heavy atom. The van der Waals surface area contributed by atoms with Crippen molar-refractivity contribution in [2.75, 3.05) is 6.61 Å². The van der Waals surface area contributed by atoms with Crippen LogP contribution in [0.15, 0.2) is 12.2 Å². The van der Waals surface area contributed by atoms with E-state index in [-0.39, 0.29) is 5.97 Å². The van der Waals surface area contributed by atoms with E-state index in [4.69, 9.17) is 4.74 Å². The van der Waals surface area contributed by atoms with Crippen LogP contribution in [-0.4, -0.2) is 12.6 Å². The Labute approximate surface area is 87.3 Å². The molecule has 14 heavy (non-hydrogen) atoms. The van der Waals surface area contributed by atoms with E-state index in [2.05, 4.69) is 6.92 Å². The van der Waals surface area contributed by atoms with Gasteiger partial charge in [-0.3, -0.25) is 0 Å². The third-order valence-corrected chi connectivity index (χ3v) is 1.98. The molecule has 0 unspecified atom stereocenters. The van der Waals surface area contributed by atoms with Crippen LogP contribution in [0.25, 0.3) is 0 Å². The Kier molecular flexibility index (Phi) is 9.71. The molecule has 0 aromatic carbocycles. The molecule has 2 heteroatoms. The lowest BCUT2D eigenvalue weighted by molar-refractivity contribution is -0.137. The van der Waals surface area contributed by atoms with Gasteiger partial charge in [0.05, 0.1) is 6.61 Å². The van der Waals surface area contributed by atoms with E-state index in [1.165, 1.54) is 31.8 Å². The zero-order chi connectivity index (χ0) is 10.6. The van der Waals surface area contributed by atoms with E-state index in [0.29, 0.717) is 6.61 Å². The molecule has 0 rings (SSSR count). The minimum atomic E-state index is -0.206.